The minimum Gasteiger partial charge on any atom is -0.480 e. The Bertz CT molecular complexity index is 1760. The molecular formula is C40H53N5O8S. The topological polar surface area (TPSA) is 183 Å². The number of ether oxygens (including phenoxy) is 1. The van der Waals surface area contributed by atoms with E-state index in [1.807, 2.05) is 83.8 Å². The van der Waals surface area contributed by atoms with Crippen LogP contribution in [0.2, 0.25) is 0 Å². The molecule has 0 aliphatic carbocycles. The van der Waals surface area contributed by atoms with Crippen molar-refractivity contribution in [1.82, 2.24) is 25.6 Å². The van der Waals surface area contributed by atoms with Crippen molar-refractivity contribution in [3.8, 4) is 0 Å². The van der Waals surface area contributed by atoms with E-state index in [-0.39, 0.29) is 36.9 Å². The van der Waals surface area contributed by atoms with Crippen molar-refractivity contribution in [2.45, 2.75) is 82.1 Å². The summed E-state index contributed by atoms with van der Waals surface area (Å²) in [7, 11) is -3.30. The largest absolute Gasteiger partial charge is 0.480 e. The van der Waals surface area contributed by atoms with Gasteiger partial charge in [-0.3, -0.25) is 19.3 Å². The smallest absolute Gasteiger partial charge is 0.328 e. The first-order chi connectivity index (χ1) is 25.8. The molecule has 2 saturated heterocycles. The van der Waals surface area contributed by atoms with Gasteiger partial charge in [0.05, 0.1) is 18.3 Å². The second-order valence-electron chi connectivity index (χ2n) is 13.9. The second kappa shape index (κ2) is 20.7. The zero-order chi connectivity index (χ0) is 39.1. The summed E-state index contributed by atoms with van der Waals surface area (Å²) in [6, 6.07) is 27.2. The Hall–Kier alpha value is -4.63. The van der Waals surface area contributed by atoms with Crippen LogP contribution in [-0.2, 0) is 40.5 Å². The number of esters is 1. The van der Waals surface area contributed by atoms with Gasteiger partial charge in [-0.05, 0) is 81.1 Å². The van der Waals surface area contributed by atoms with Crippen molar-refractivity contribution in [1.29, 1.82) is 0 Å². The van der Waals surface area contributed by atoms with Gasteiger partial charge < -0.3 is 25.8 Å². The molecule has 5 N–H and O–H groups in total. The van der Waals surface area contributed by atoms with Crippen LogP contribution in [-0.4, -0.2) is 98.8 Å². The lowest BCUT2D eigenvalue weighted by atomic mass is 9.85. The van der Waals surface area contributed by atoms with Crippen LogP contribution in [0.3, 0.4) is 0 Å². The first kappa shape index (κ1) is 42.1. The van der Waals surface area contributed by atoms with Crippen LogP contribution in [0.1, 0.15) is 68.1 Å². The number of piperidine rings is 2. The average molecular weight is 764 g/mol. The van der Waals surface area contributed by atoms with E-state index in [0.29, 0.717) is 25.4 Å². The highest BCUT2D eigenvalue weighted by Gasteiger charge is 2.35. The zero-order valence-electron chi connectivity index (χ0n) is 31.1. The summed E-state index contributed by atoms with van der Waals surface area (Å²) in [6.45, 7) is 5.28. The number of benzene rings is 3. The number of sulfonamides is 1. The summed E-state index contributed by atoms with van der Waals surface area (Å²) in [5.41, 5.74) is 3.33. The predicted octanol–water partition coefficient (Wildman–Crippen LogP) is 3.14. The van der Waals surface area contributed by atoms with Gasteiger partial charge in [-0.1, -0.05) is 91.0 Å². The van der Waals surface area contributed by atoms with E-state index < -0.39 is 40.1 Å². The van der Waals surface area contributed by atoms with E-state index in [2.05, 4.69) is 32.8 Å². The lowest BCUT2D eigenvalue weighted by Gasteiger charge is -2.39. The minimum atomic E-state index is -3.30. The third-order valence-corrected chi connectivity index (χ3v) is 10.4. The Balaban J connectivity index is 0.000000241. The third-order valence-electron chi connectivity index (χ3n) is 9.71. The maximum Gasteiger partial charge on any atom is 0.328 e. The van der Waals surface area contributed by atoms with Gasteiger partial charge in [0.2, 0.25) is 21.8 Å². The number of carboxylic acid groups (broad SMARTS) is 1. The maximum atomic E-state index is 12.7. The van der Waals surface area contributed by atoms with Gasteiger partial charge in [0.15, 0.2) is 0 Å². The van der Waals surface area contributed by atoms with Crippen LogP contribution < -0.4 is 20.7 Å². The molecule has 292 valence electrons. The molecular weight excluding hydrogens is 711 g/mol. The molecule has 2 fully saturated rings. The predicted molar refractivity (Wildman–Crippen MR) is 206 cm³/mol. The number of hydrogen-bond donors (Lipinski definition) is 5. The fourth-order valence-corrected chi connectivity index (χ4v) is 7.16. The summed E-state index contributed by atoms with van der Waals surface area (Å²) in [4.78, 5) is 50.4. The number of likely N-dealkylation sites (tertiary alicyclic amines) is 1. The van der Waals surface area contributed by atoms with Gasteiger partial charge in [-0.25, -0.2) is 17.9 Å². The molecule has 0 saturated carbocycles. The number of nitrogens with one attached hydrogen (secondary N) is 4. The Kier molecular flexibility index (Phi) is 16.2. The molecule has 13 nitrogen and oxygen atoms in total. The number of carbonyl (C=O) groups is 4. The normalized spacial score (nSPS) is 21.3. The highest BCUT2D eigenvalue weighted by atomic mass is 32.2. The summed E-state index contributed by atoms with van der Waals surface area (Å²) >= 11 is 0. The molecule has 2 aliphatic heterocycles. The van der Waals surface area contributed by atoms with Crippen LogP contribution in [0.4, 0.5) is 0 Å². The number of rotatable bonds is 14. The van der Waals surface area contributed by atoms with Gasteiger partial charge in [0.25, 0.3) is 0 Å². The summed E-state index contributed by atoms with van der Waals surface area (Å²) < 4.78 is 30.3. The van der Waals surface area contributed by atoms with Crippen LogP contribution in [0, 0.1) is 0 Å². The molecule has 0 spiro atoms. The molecule has 2 heterocycles. The van der Waals surface area contributed by atoms with E-state index in [1.54, 1.807) is 6.92 Å². The minimum absolute atomic E-state index is 0.153. The quantitative estimate of drug-likeness (QED) is 0.153. The summed E-state index contributed by atoms with van der Waals surface area (Å²) in [5, 5.41) is 17.6. The van der Waals surface area contributed by atoms with Crippen LogP contribution in [0.5, 0.6) is 0 Å². The van der Waals surface area contributed by atoms with Crippen molar-refractivity contribution >= 4 is 33.8 Å². The SMILES string of the molecule is C[C@H](NC(=O)[C@H]1C[C@@H](c2ccccc2)CCN1)C(=O)OCc1ccccc1.C[C@H](NC(=O)[C@H]1C[C@@H](c2ccccc2)CCN1CCNS(C)(=O)=O)C(=O)O. The van der Waals surface area contributed by atoms with Gasteiger partial charge in [-0.2, -0.15) is 0 Å². The molecule has 3 aromatic carbocycles. The van der Waals surface area contributed by atoms with Crippen molar-refractivity contribution in [2.75, 3.05) is 32.4 Å². The molecule has 3 aromatic rings. The Morgan fingerprint density at radius 2 is 1.37 bits per heavy atom. The van der Waals surface area contributed by atoms with Crippen molar-refractivity contribution in [2.24, 2.45) is 0 Å². The number of carboxylic acids is 1. The van der Waals surface area contributed by atoms with Crippen molar-refractivity contribution in [3.63, 3.8) is 0 Å². The summed E-state index contributed by atoms with van der Waals surface area (Å²) in [5.74, 6) is -1.47. The average Bonchev–Trinajstić information content (AvgIpc) is 3.17. The number of amides is 2. The molecule has 0 aromatic heterocycles. The molecule has 0 unspecified atom stereocenters. The Morgan fingerprint density at radius 3 is 1.94 bits per heavy atom. The van der Waals surface area contributed by atoms with Gasteiger partial charge >= 0.3 is 11.9 Å². The van der Waals surface area contributed by atoms with Crippen LogP contribution >= 0.6 is 0 Å². The first-order valence-electron chi connectivity index (χ1n) is 18.4. The molecule has 5 rings (SSSR count). The van der Waals surface area contributed by atoms with Crippen LogP contribution in [0.15, 0.2) is 91.0 Å². The second-order valence-corrected chi connectivity index (χ2v) is 15.7. The van der Waals surface area contributed by atoms with Crippen LogP contribution in [0.25, 0.3) is 0 Å². The fraction of sp³-hybridized carbons (Fsp3) is 0.450. The van der Waals surface area contributed by atoms with Gasteiger partial charge in [-0.15, -0.1) is 0 Å². The van der Waals surface area contributed by atoms with E-state index >= 15 is 0 Å². The van der Waals surface area contributed by atoms with Crippen molar-refractivity contribution in [3.05, 3.63) is 108 Å². The Morgan fingerprint density at radius 1 is 0.815 bits per heavy atom. The summed E-state index contributed by atoms with van der Waals surface area (Å²) in [6.07, 6.45) is 4.22. The maximum absolute atomic E-state index is 12.7. The van der Waals surface area contributed by atoms with E-state index in [9.17, 15) is 27.6 Å². The standard InChI is InChI=1S/C22H26N2O3.C18H27N3O5S/c1-16(22(26)27-15-17-8-4-2-5-9-17)24-21(25)20-14-19(12-13-23-20)18-10-6-3-7-11-18;1-13(18(23)24)20-17(22)16-12-15(14-6-4-3-5-7-14)8-10-21(16)11-9-19-27(2,25)26/h2-11,16,19-20,23H,12-15H2,1H3,(H,24,25);3-7,13,15-16,19H,8-12H2,1-2H3,(H,20,22)(H,23,24)/t16-,19-,20+;13-,15-,16+/m00/s1. The molecule has 0 radical (unpaired) electrons. The van der Waals surface area contributed by atoms with E-state index in [1.165, 1.54) is 12.5 Å². The molecule has 2 aliphatic rings. The first-order valence-corrected chi connectivity index (χ1v) is 20.3. The fourth-order valence-electron chi connectivity index (χ4n) is 6.70. The van der Waals surface area contributed by atoms with Gasteiger partial charge in [0.1, 0.15) is 18.7 Å². The lowest BCUT2D eigenvalue weighted by molar-refractivity contribution is -0.148. The number of hydrogen-bond acceptors (Lipinski definition) is 9. The Labute approximate surface area is 318 Å². The monoisotopic (exact) mass is 763 g/mol. The van der Waals surface area contributed by atoms with E-state index in [4.69, 9.17) is 9.84 Å². The third kappa shape index (κ3) is 13.7. The molecule has 14 heteroatoms. The molecule has 0 bridgehead atoms. The highest BCUT2D eigenvalue weighted by molar-refractivity contribution is 7.88. The molecule has 54 heavy (non-hydrogen) atoms. The van der Waals surface area contributed by atoms with Crippen molar-refractivity contribution < 1.29 is 37.4 Å². The molecule has 6 atom stereocenters. The molecule has 2 amide bonds. The highest BCUT2D eigenvalue weighted by Crippen LogP contribution is 2.32. The number of nitrogens with zero attached hydrogens (tertiary/aromatic N) is 1. The van der Waals surface area contributed by atoms with Gasteiger partial charge in [0, 0.05) is 13.1 Å². The lowest BCUT2D eigenvalue weighted by Crippen LogP contribution is -2.55. The number of aliphatic carboxylic acids is 1. The zero-order valence-corrected chi connectivity index (χ0v) is 32.0. The number of carbonyl (C=O) groups excluding carboxylic acids is 3. The van der Waals surface area contributed by atoms with E-state index in [0.717, 1.165) is 43.2 Å².